The highest BCUT2D eigenvalue weighted by atomic mass is 14.9. The Labute approximate surface area is 95.1 Å². The zero-order valence-corrected chi connectivity index (χ0v) is 9.62. The lowest BCUT2D eigenvalue weighted by molar-refractivity contribution is 0.776. The first-order chi connectivity index (χ1) is 7.81. The summed E-state index contributed by atoms with van der Waals surface area (Å²) in [6.45, 7) is 3.00. The van der Waals surface area contributed by atoms with E-state index in [2.05, 4.69) is 27.2 Å². The third-order valence-electron chi connectivity index (χ3n) is 2.55. The van der Waals surface area contributed by atoms with Crippen LogP contribution in [0.2, 0.25) is 0 Å². The van der Waals surface area contributed by atoms with Crippen LogP contribution in [0.1, 0.15) is 11.4 Å². The van der Waals surface area contributed by atoms with E-state index in [0.29, 0.717) is 0 Å². The van der Waals surface area contributed by atoms with Gasteiger partial charge in [0.15, 0.2) is 0 Å². The van der Waals surface area contributed by atoms with Crippen LogP contribution in [0.4, 0.5) is 0 Å². The van der Waals surface area contributed by atoms with E-state index in [0.717, 1.165) is 35.7 Å². The Morgan fingerprint density at radius 3 is 2.75 bits per heavy atom. The molecule has 0 radical (unpaired) electrons. The molecule has 0 spiro atoms. The summed E-state index contributed by atoms with van der Waals surface area (Å²) in [7, 11) is 1.95. The van der Waals surface area contributed by atoms with Crippen molar-refractivity contribution in [2.24, 2.45) is 0 Å². The summed E-state index contributed by atoms with van der Waals surface area (Å²) in [5, 5.41) is 3.13. The number of nitrogens with one attached hydrogen (secondary N) is 2. The van der Waals surface area contributed by atoms with Gasteiger partial charge < -0.3 is 10.3 Å². The van der Waals surface area contributed by atoms with Crippen molar-refractivity contribution in [2.45, 2.75) is 13.3 Å². The monoisotopic (exact) mass is 216 g/mol. The van der Waals surface area contributed by atoms with Crippen LogP contribution in [0.5, 0.6) is 0 Å². The number of likely N-dealkylation sites (N-methyl/N-ethyl adjacent to an activating group) is 1. The molecule has 84 valence electrons. The zero-order chi connectivity index (χ0) is 11.4. The van der Waals surface area contributed by atoms with Crippen LogP contribution in [0.25, 0.3) is 11.4 Å². The predicted molar refractivity (Wildman–Crippen MR) is 64.2 cm³/mol. The number of aryl methyl sites for hydroxylation is 1. The minimum Gasteiger partial charge on any atom is -0.342 e. The second kappa shape index (κ2) is 4.90. The van der Waals surface area contributed by atoms with Crippen LogP contribution in [-0.4, -0.2) is 28.5 Å². The number of nitrogens with zero attached hydrogens (tertiary/aromatic N) is 2. The zero-order valence-electron chi connectivity index (χ0n) is 9.62. The molecule has 2 aromatic heterocycles. The van der Waals surface area contributed by atoms with Crippen molar-refractivity contribution < 1.29 is 0 Å². The number of pyridine rings is 1. The molecule has 0 saturated heterocycles. The third-order valence-corrected chi connectivity index (χ3v) is 2.55. The Morgan fingerprint density at radius 1 is 1.31 bits per heavy atom. The van der Waals surface area contributed by atoms with E-state index in [4.69, 9.17) is 0 Å². The fraction of sp³-hybridized carbons (Fsp3) is 0.333. The normalized spacial score (nSPS) is 10.6. The Kier molecular flexibility index (Phi) is 3.31. The molecule has 4 nitrogen and oxygen atoms in total. The first kappa shape index (κ1) is 10.8. The van der Waals surface area contributed by atoms with Crippen LogP contribution >= 0.6 is 0 Å². The maximum atomic E-state index is 4.59. The molecule has 4 heteroatoms. The van der Waals surface area contributed by atoms with Gasteiger partial charge in [-0.1, -0.05) is 0 Å². The molecule has 2 rings (SSSR count). The van der Waals surface area contributed by atoms with E-state index in [1.807, 2.05) is 19.2 Å². The highest BCUT2D eigenvalue weighted by Crippen LogP contribution is 2.16. The van der Waals surface area contributed by atoms with Crippen LogP contribution in [-0.2, 0) is 6.42 Å². The second-order valence-corrected chi connectivity index (χ2v) is 3.75. The van der Waals surface area contributed by atoms with Gasteiger partial charge in [-0.25, -0.2) is 4.98 Å². The van der Waals surface area contributed by atoms with Crippen molar-refractivity contribution in [2.75, 3.05) is 13.6 Å². The fourth-order valence-electron chi connectivity index (χ4n) is 1.63. The molecule has 0 unspecified atom stereocenters. The Bertz CT molecular complexity index is 447. The number of H-pyrrole nitrogens is 1. The van der Waals surface area contributed by atoms with E-state index >= 15 is 0 Å². The minimum absolute atomic E-state index is 0.922. The molecule has 0 aliphatic rings. The Hall–Kier alpha value is -1.68. The largest absolute Gasteiger partial charge is 0.342 e. The van der Waals surface area contributed by atoms with E-state index < -0.39 is 0 Å². The number of hydrogen-bond acceptors (Lipinski definition) is 3. The van der Waals surface area contributed by atoms with E-state index in [9.17, 15) is 0 Å². The van der Waals surface area contributed by atoms with Crippen molar-refractivity contribution >= 4 is 0 Å². The smallest absolute Gasteiger partial charge is 0.137 e. The summed E-state index contributed by atoms with van der Waals surface area (Å²) in [6.07, 6.45) is 4.50. The van der Waals surface area contributed by atoms with E-state index in [1.54, 1.807) is 12.4 Å². The van der Waals surface area contributed by atoms with Crippen LogP contribution in [0, 0.1) is 6.92 Å². The van der Waals surface area contributed by atoms with Crippen LogP contribution in [0.15, 0.2) is 24.5 Å². The summed E-state index contributed by atoms with van der Waals surface area (Å²) in [5.74, 6) is 0.922. The van der Waals surface area contributed by atoms with Gasteiger partial charge in [0.25, 0.3) is 0 Å². The van der Waals surface area contributed by atoms with Crippen molar-refractivity contribution in [1.29, 1.82) is 0 Å². The first-order valence-corrected chi connectivity index (χ1v) is 5.41. The van der Waals surface area contributed by atoms with Crippen molar-refractivity contribution in [3.8, 4) is 11.4 Å². The topological polar surface area (TPSA) is 53.6 Å². The lowest BCUT2D eigenvalue weighted by atomic mass is 10.2. The van der Waals surface area contributed by atoms with Gasteiger partial charge in [-0.3, -0.25) is 4.98 Å². The number of aromatic nitrogens is 3. The molecule has 2 aromatic rings. The Morgan fingerprint density at radius 2 is 2.06 bits per heavy atom. The third kappa shape index (κ3) is 2.28. The van der Waals surface area contributed by atoms with Crippen molar-refractivity contribution in [3.63, 3.8) is 0 Å². The van der Waals surface area contributed by atoms with Gasteiger partial charge >= 0.3 is 0 Å². The maximum absolute atomic E-state index is 4.59. The lowest BCUT2D eigenvalue weighted by Gasteiger charge is -1.96. The Balaban J connectivity index is 2.24. The summed E-state index contributed by atoms with van der Waals surface area (Å²) in [4.78, 5) is 11.9. The van der Waals surface area contributed by atoms with Gasteiger partial charge in [-0.05, 0) is 26.1 Å². The standard InChI is InChI=1S/C12H16N4/c1-9-11(5-6-13-2)16-12(15-9)10-3-7-14-8-4-10/h3-4,7-8,13H,5-6H2,1-2H3,(H,15,16). The maximum Gasteiger partial charge on any atom is 0.137 e. The number of imidazole rings is 1. The minimum atomic E-state index is 0.922. The van der Waals surface area contributed by atoms with Gasteiger partial charge in [0.2, 0.25) is 0 Å². The summed E-state index contributed by atoms with van der Waals surface area (Å²) >= 11 is 0. The molecule has 0 bridgehead atoms. The second-order valence-electron chi connectivity index (χ2n) is 3.75. The highest BCUT2D eigenvalue weighted by molar-refractivity contribution is 5.54. The van der Waals surface area contributed by atoms with Crippen molar-refractivity contribution in [1.82, 2.24) is 20.3 Å². The average Bonchev–Trinajstić information content (AvgIpc) is 2.69. The highest BCUT2D eigenvalue weighted by Gasteiger charge is 2.07. The van der Waals surface area contributed by atoms with Crippen molar-refractivity contribution in [3.05, 3.63) is 35.9 Å². The predicted octanol–water partition coefficient (Wildman–Crippen LogP) is 1.54. The number of hydrogen-bond donors (Lipinski definition) is 2. The molecular weight excluding hydrogens is 200 g/mol. The lowest BCUT2D eigenvalue weighted by Crippen LogP contribution is -2.11. The summed E-state index contributed by atoms with van der Waals surface area (Å²) < 4.78 is 0. The molecule has 16 heavy (non-hydrogen) atoms. The van der Waals surface area contributed by atoms with Gasteiger partial charge in [0.05, 0.1) is 5.69 Å². The first-order valence-electron chi connectivity index (χ1n) is 5.41. The van der Waals surface area contributed by atoms with Gasteiger partial charge in [-0.15, -0.1) is 0 Å². The quantitative estimate of drug-likeness (QED) is 0.815. The molecule has 0 aromatic carbocycles. The van der Waals surface area contributed by atoms with E-state index in [1.165, 1.54) is 0 Å². The van der Waals surface area contributed by atoms with E-state index in [-0.39, 0.29) is 0 Å². The number of rotatable bonds is 4. The summed E-state index contributed by atoms with van der Waals surface area (Å²) in [6, 6.07) is 3.92. The van der Waals surface area contributed by atoms with Gasteiger partial charge in [0.1, 0.15) is 5.82 Å². The van der Waals surface area contributed by atoms with Crippen LogP contribution in [0.3, 0.4) is 0 Å². The molecule has 2 N–H and O–H groups in total. The molecule has 2 heterocycles. The average molecular weight is 216 g/mol. The van der Waals surface area contributed by atoms with Gasteiger partial charge in [0, 0.05) is 36.6 Å². The summed E-state index contributed by atoms with van der Waals surface area (Å²) in [5.41, 5.74) is 3.34. The SMILES string of the molecule is CNCCc1nc(-c2ccncc2)[nH]c1C. The molecule has 0 fully saturated rings. The molecule has 0 aliphatic carbocycles. The molecule has 0 aliphatic heterocycles. The molecular formula is C12H16N4. The molecule has 0 saturated carbocycles. The number of aromatic amines is 1. The fourth-order valence-corrected chi connectivity index (χ4v) is 1.63. The van der Waals surface area contributed by atoms with Gasteiger partial charge in [-0.2, -0.15) is 0 Å². The van der Waals surface area contributed by atoms with Crippen LogP contribution < -0.4 is 5.32 Å². The molecule has 0 atom stereocenters. The molecule has 0 amide bonds.